The maximum atomic E-state index is 12.3. The van der Waals surface area contributed by atoms with Crippen molar-refractivity contribution in [2.75, 3.05) is 0 Å². The fourth-order valence-electron chi connectivity index (χ4n) is 2.62. The number of aryl methyl sites for hydroxylation is 1. The lowest BCUT2D eigenvalue weighted by atomic mass is 9.96. The Morgan fingerprint density at radius 1 is 1.23 bits per heavy atom. The van der Waals surface area contributed by atoms with Gasteiger partial charge in [0.1, 0.15) is 11.8 Å². The summed E-state index contributed by atoms with van der Waals surface area (Å²) >= 11 is 0. The van der Waals surface area contributed by atoms with Crippen molar-refractivity contribution in [2.45, 2.75) is 32.4 Å². The van der Waals surface area contributed by atoms with Crippen LogP contribution in [0.15, 0.2) is 53.5 Å². The number of nitrogens with zero attached hydrogens (tertiary/aromatic N) is 1. The van der Waals surface area contributed by atoms with E-state index in [1.807, 2.05) is 24.3 Å². The second-order valence-electron chi connectivity index (χ2n) is 5.62. The van der Waals surface area contributed by atoms with Crippen LogP contribution in [-0.2, 0) is 11.2 Å². The highest BCUT2D eigenvalue weighted by Crippen LogP contribution is 2.29. The molecule has 0 aliphatic carbocycles. The highest BCUT2D eigenvalue weighted by atomic mass is 19.3. The maximum Gasteiger partial charge on any atom is 0.387 e. The molecule has 0 heterocycles. The summed E-state index contributed by atoms with van der Waals surface area (Å²) in [6, 6.07) is 13.6. The highest BCUT2D eigenvalue weighted by molar-refractivity contribution is 5.87. The fourth-order valence-corrected chi connectivity index (χ4v) is 2.62. The molecule has 26 heavy (non-hydrogen) atoms. The van der Waals surface area contributed by atoms with E-state index in [4.69, 9.17) is 5.73 Å². The van der Waals surface area contributed by atoms with Crippen LogP contribution in [0.1, 0.15) is 36.1 Å². The highest BCUT2D eigenvalue weighted by Gasteiger charge is 2.15. The van der Waals surface area contributed by atoms with Crippen molar-refractivity contribution >= 4 is 12.4 Å². The SMILES string of the molecule is CCCc1cccc(C(N=C(N)NC=O)c2ccc(OC(F)F)cc2)c1. The Bertz CT molecular complexity index is 749. The first-order valence-electron chi connectivity index (χ1n) is 8.20. The third kappa shape index (κ3) is 5.54. The van der Waals surface area contributed by atoms with Crippen molar-refractivity contribution in [1.29, 1.82) is 0 Å². The van der Waals surface area contributed by atoms with Gasteiger partial charge in [0.05, 0.1) is 0 Å². The lowest BCUT2D eigenvalue weighted by molar-refractivity contribution is -0.108. The van der Waals surface area contributed by atoms with E-state index in [1.165, 1.54) is 12.1 Å². The molecule has 0 spiro atoms. The average molecular weight is 361 g/mol. The average Bonchev–Trinajstić information content (AvgIpc) is 2.61. The molecule has 1 amide bonds. The van der Waals surface area contributed by atoms with E-state index < -0.39 is 12.7 Å². The molecule has 1 unspecified atom stereocenters. The molecule has 0 saturated carbocycles. The Hall–Kier alpha value is -2.96. The quantitative estimate of drug-likeness (QED) is 0.430. The molecule has 0 aromatic heterocycles. The third-order valence-electron chi connectivity index (χ3n) is 3.70. The van der Waals surface area contributed by atoms with Crippen molar-refractivity contribution in [2.24, 2.45) is 10.7 Å². The molecule has 138 valence electrons. The number of hydrogen-bond acceptors (Lipinski definition) is 3. The van der Waals surface area contributed by atoms with Gasteiger partial charge in [-0.1, -0.05) is 49.7 Å². The zero-order chi connectivity index (χ0) is 18.9. The van der Waals surface area contributed by atoms with Gasteiger partial charge < -0.3 is 10.5 Å². The van der Waals surface area contributed by atoms with Gasteiger partial charge in [-0.05, 0) is 35.2 Å². The van der Waals surface area contributed by atoms with Gasteiger partial charge in [-0.2, -0.15) is 8.78 Å². The van der Waals surface area contributed by atoms with Crippen LogP contribution in [0.4, 0.5) is 8.78 Å². The predicted octanol–water partition coefficient (Wildman–Crippen LogP) is 3.39. The van der Waals surface area contributed by atoms with Gasteiger partial charge in [-0.15, -0.1) is 0 Å². The third-order valence-corrected chi connectivity index (χ3v) is 3.70. The molecule has 2 aromatic rings. The second kappa shape index (κ2) is 9.50. The van der Waals surface area contributed by atoms with Gasteiger partial charge in [-0.3, -0.25) is 10.1 Å². The lowest BCUT2D eigenvalue weighted by Gasteiger charge is -2.16. The molecule has 5 nitrogen and oxygen atoms in total. The number of halogens is 2. The minimum atomic E-state index is -2.88. The molecule has 2 rings (SSSR count). The van der Waals surface area contributed by atoms with Crippen molar-refractivity contribution in [1.82, 2.24) is 5.32 Å². The number of aliphatic imine (C=N–C) groups is 1. The van der Waals surface area contributed by atoms with Crippen LogP contribution in [0, 0.1) is 0 Å². The molecular weight excluding hydrogens is 340 g/mol. The molecule has 0 aliphatic rings. The smallest absolute Gasteiger partial charge is 0.387 e. The Morgan fingerprint density at radius 3 is 2.58 bits per heavy atom. The van der Waals surface area contributed by atoms with E-state index in [0.717, 1.165) is 29.5 Å². The normalized spacial score (nSPS) is 12.7. The molecule has 0 radical (unpaired) electrons. The summed E-state index contributed by atoms with van der Waals surface area (Å²) in [4.78, 5) is 15.0. The largest absolute Gasteiger partial charge is 0.435 e. The number of carbonyl (C=O) groups excluding carboxylic acids is 1. The van der Waals surface area contributed by atoms with Crippen LogP contribution < -0.4 is 15.8 Å². The zero-order valence-corrected chi connectivity index (χ0v) is 14.4. The summed E-state index contributed by atoms with van der Waals surface area (Å²) in [6.07, 6.45) is 2.38. The molecule has 2 aromatic carbocycles. The first-order chi connectivity index (χ1) is 12.5. The van der Waals surface area contributed by atoms with E-state index in [9.17, 15) is 13.6 Å². The number of benzene rings is 2. The van der Waals surface area contributed by atoms with E-state index >= 15 is 0 Å². The van der Waals surface area contributed by atoms with E-state index in [0.29, 0.717) is 6.41 Å². The van der Waals surface area contributed by atoms with Crippen LogP contribution in [-0.4, -0.2) is 19.0 Å². The number of amides is 1. The Balaban J connectivity index is 2.39. The number of rotatable bonds is 8. The van der Waals surface area contributed by atoms with Gasteiger partial charge in [0.25, 0.3) is 0 Å². The monoisotopic (exact) mass is 361 g/mol. The minimum absolute atomic E-state index is 0.0289. The summed E-state index contributed by atoms with van der Waals surface area (Å²) < 4.78 is 29.0. The molecule has 0 aliphatic heterocycles. The summed E-state index contributed by atoms with van der Waals surface area (Å²) in [7, 11) is 0. The summed E-state index contributed by atoms with van der Waals surface area (Å²) in [6.45, 7) is -0.788. The number of carbonyl (C=O) groups is 1. The van der Waals surface area contributed by atoms with Crippen molar-refractivity contribution in [3.8, 4) is 5.75 Å². The first kappa shape index (κ1) is 19.4. The zero-order valence-electron chi connectivity index (χ0n) is 14.4. The molecule has 7 heteroatoms. The second-order valence-corrected chi connectivity index (χ2v) is 5.62. The Morgan fingerprint density at radius 2 is 1.96 bits per heavy atom. The van der Waals surface area contributed by atoms with Gasteiger partial charge in [0, 0.05) is 0 Å². The summed E-state index contributed by atoms with van der Waals surface area (Å²) in [5, 5.41) is 2.32. The number of alkyl halides is 2. The molecule has 0 bridgehead atoms. The minimum Gasteiger partial charge on any atom is -0.435 e. The van der Waals surface area contributed by atoms with Crippen LogP contribution >= 0.6 is 0 Å². The Labute approximate surface area is 150 Å². The van der Waals surface area contributed by atoms with Crippen LogP contribution in [0.2, 0.25) is 0 Å². The molecular formula is C19H21F2N3O2. The van der Waals surface area contributed by atoms with Gasteiger partial charge in [0.15, 0.2) is 5.96 Å². The first-order valence-corrected chi connectivity index (χ1v) is 8.20. The van der Waals surface area contributed by atoms with Crippen molar-refractivity contribution in [3.63, 3.8) is 0 Å². The summed E-state index contributed by atoms with van der Waals surface area (Å²) in [5.41, 5.74) is 8.51. The standard InChI is InChI=1S/C19H21F2N3O2/c1-2-4-13-5-3-6-15(11-13)17(24-19(22)23-12-25)14-7-9-16(10-8-14)26-18(20)21/h3,5-12,17-18H,2,4H2,1H3,(H3,22,23,24,25). The van der Waals surface area contributed by atoms with E-state index in [2.05, 4.69) is 22.0 Å². The van der Waals surface area contributed by atoms with Gasteiger partial charge in [-0.25, -0.2) is 4.99 Å². The molecule has 3 N–H and O–H groups in total. The maximum absolute atomic E-state index is 12.3. The lowest BCUT2D eigenvalue weighted by Crippen LogP contribution is -2.31. The van der Waals surface area contributed by atoms with Crippen LogP contribution in [0.5, 0.6) is 5.75 Å². The predicted molar refractivity (Wildman–Crippen MR) is 96.2 cm³/mol. The topological polar surface area (TPSA) is 76.7 Å². The van der Waals surface area contributed by atoms with Crippen molar-refractivity contribution in [3.05, 3.63) is 65.2 Å². The molecule has 1 atom stereocenters. The van der Waals surface area contributed by atoms with Gasteiger partial charge >= 0.3 is 6.61 Å². The number of guanidine groups is 1. The number of hydrogen-bond donors (Lipinski definition) is 2. The van der Waals surface area contributed by atoms with Crippen molar-refractivity contribution < 1.29 is 18.3 Å². The molecule has 0 saturated heterocycles. The number of nitrogens with two attached hydrogens (primary N) is 1. The van der Waals surface area contributed by atoms with Crippen LogP contribution in [0.25, 0.3) is 0 Å². The van der Waals surface area contributed by atoms with E-state index in [1.54, 1.807) is 12.1 Å². The fraction of sp³-hybridized carbons (Fsp3) is 0.263. The van der Waals surface area contributed by atoms with E-state index in [-0.39, 0.29) is 11.7 Å². The summed E-state index contributed by atoms with van der Waals surface area (Å²) in [5.74, 6) is 0.0315. The number of ether oxygens (including phenoxy) is 1. The Kier molecular flexibility index (Phi) is 7.08. The van der Waals surface area contributed by atoms with Crippen LogP contribution in [0.3, 0.4) is 0 Å². The number of nitrogens with one attached hydrogen (secondary N) is 1. The molecule has 0 fully saturated rings. The van der Waals surface area contributed by atoms with Gasteiger partial charge in [0.2, 0.25) is 6.41 Å².